The third-order valence-corrected chi connectivity index (χ3v) is 3.41. The topological polar surface area (TPSA) is 25.8 Å². The Bertz CT molecular complexity index is 271. The van der Waals surface area contributed by atoms with Gasteiger partial charge in [0.15, 0.2) is 0 Å². The lowest BCUT2D eigenvalue weighted by Crippen LogP contribution is -2.17. The average Bonchev–Trinajstić information content (AvgIpc) is 2.09. The van der Waals surface area contributed by atoms with Gasteiger partial charge in [0.2, 0.25) is 0 Å². The number of rotatable bonds is 3. The molecule has 0 N–H and O–H groups in total. The number of hydrogen-bond acceptors (Lipinski definition) is 2. The maximum atomic E-state index is 5.63. The molecule has 0 aliphatic carbocycles. The van der Waals surface area contributed by atoms with Crippen molar-refractivity contribution in [3.63, 3.8) is 0 Å². The van der Waals surface area contributed by atoms with E-state index in [4.69, 9.17) is 11.6 Å². The standard InChI is InChI=1S/C9H12BrClN2/c1-9(2,6-10)3-7-4-13-8(11)5-12-7/h4-5H,3,6H2,1-2H3. The zero-order chi connectivity index (χ0) is 9.90. The van der Waals surface area contributed by atoms with Gasteiger partial charge in [-0.05, 0) is 11.8 Å². The van der Waals surface area contributed by atoms with Gasteiger partial charge in [0, 0.05) is 5.33 Å². The SMILES string of the molecule is CC(C)(CBr)Cc1cnc(Cl)cn1. The molecule has 0 unspecified atom stereocenters. The fraction of sp³-hybridized carbons (Fsp3) is 0.556. The van der Waals surface area contributed by atoms with Crippen molar-refractivity contribution in [2.24, 2.45) is 5.41 Å². The first-order valence-corrected chi connectivity index (χ1v) is 5.56. The Labute approximate surface area is 91.9 Å². The average molecular weight is 264 g/mol. The lowest BCUT2D eigenvalue weighted by Gasteiger charge is -2.20. The van der Waals surface area contributed by atoms with Crippen LogP contribution >= 0.6 is 27.5 Å². The molecule has 13 heavy (non-hydrogen) atoms. The molecular weight excluding hydrogens is 251 g/mol. The van der Waals surface area contributed by atoms with Crippen molar-refractivity contribution in [3.8, 4) is 0 Å². The number of alkyl halides is 1. The molecule has 0 bridgehead atoms. The molecule has 1 aromatic rings. The molecule has 0 fully saturated rings. The fourth-order valence-corrected chi connectivity index (χ4v) is 1.26. The van der Waals surface area contributed by atoms with Crippen molar-refractivity contribution in [3.05, 3.63) is 23.2 Å². The second-order valence-electron chi connectivity index (χ2n) is 3.81. The number of hydrogen-bond donors (Lipinski definition) is 0. The molecule has 0 aliphatic heterocycles. The normalized spacial score (nSPS) is 11.7. The molecule has 0 radical (unpaired) electrons. The number of aromatic nitrogens is 2. The Morgan fingerprint density at radius 3 is 2.54 bits per heavy atom. The van der Waals surface area contributed by atoms with Crippen molar-refractivity contribution < 1.29 is 0 Å². The van der Waals surface area contributed by atoms with Crippen molar-refractivity contribution >= 4 is 27.5 Å². The van der Waals surface area contributed by atoms with Gasteiger partial charge in [-0.1, -0.05) is 41.4 Å². The van der Waals surface area contributed by atoms with Gasteiger partial charge in [-0.3, -0.25) is 4.98 Å². The third kappa shape index (κ3) is 3.61. The molecule has 0 aliphatic rings. The minimum Gasteiger partial charge on any atom is -0.256 e. The van der Waals surface area contributed by atoms with E-state index in [-0.39, 0.29) is 5.41 Å². The van der Waals surface area contributed by atoms with Crippen LogP contribution in [0.15, 0.2) is 12.4 Å². The predicted molar refractivity (Wildman–Crippen MR) is 58.3 cm³/mol. The van der Waals surface area contributed by atoms with Gasteiger partial charge >= 0.3 is 0 Å². The van der Waals surface area contributed by atoms with E-state index in [9.17, 15) is 0 Å². The van der Waals surface area contributed by atoms with E-state index >= 15 is 0 Å². The van der Waals surface area contributed by atoms with Gasteiger partial charge in [-0.15, -0.1) is 0 Å². The Balaban J connectivity index is 2.69. The molecule has 1 aromatic heterocycles. The van der Waals surface area contributed by atoms with Crippen molar-refractivity contribution in [2.75, 3.05) is 5.33 Å². The van der Waals surface area contributed by atoms with Crippen LogP contribution in [0.2, 0.25) is 5.15 Å². The molecule has 1 heterocycles. The maximum Gasteiger partial charge on any atom is 0.147 e. The lowest BCUT2D eigenvalue weighted by molar-refractivity contribution is 0.419. The van der Waals surface area contributed by atoms with Crippen LogP contribution in [0.3, 0.4) is 0 Å². The summed E-state index contributed by atoms with van der Waals surface area (Å²) in [7, 11) is 0. The van der Waals surface area contributed by atoms with E-state index < -0.39 is 0 Å². The van der Waals surface area contributed by atoms with E-state index in [1.165, 1.54) is 0 Å². The van der Waals surface area contributed by atoms with Crippen LogP contribution in [0.1, 0.15) is 19.5 Å². The van der Waals surface area contributed by atoms with Crippen LogP contribution in [0.4, 0.5) is 0 Å². The maximum absolute atomic E-state index is 5.63. The monoisotopic (exact) mass is 262 g/mol. The minimum absolute atomic E-state index is 0.211. The van der Waals surface area contributed by atoms with E-state index in [1.807, 2.05) is 0 Å². The van der Waals surface area contributed by atoms with E-state index in [2.05, 4.69) is 39.7 Å². The molecule has 0 amide bonds. The highest BCUT2D eigenvalue weighted by Crippen LogP contribution is 2.22. The molecule has 72 valence electrons. The molecule has 0 aromatic carbocycles. The van der Waals surface area contributed by atoms with E-state index in [1.54, 1.807) is 12.4 Å². The van der Waals surface area contributed by atoms with Crippen LogP contribution in [0.25, 0.3) is 0 Å². The Morgan fingerprint density at radius 1 is 1.38 bits per heavy atom. The summed E-state index contributed by atoms with van der Waals surface area (Å²) in [6.07, 6.45) is 4.22. The van der Waals surface area contributed by atoms with Gasteiger partial charge < -0.3 is 0 Å². The molecular formula is C9H12BrClN2. The smallest absolute Gasteiger partial charge is 0.147 e. The summed E-state index contributed by atoms with van der Waals surface area (Å²) in [6, 6.07) is 0. The molecule has 0 spiro atoms. The molecule has 0 saturated carbocycles. The summed E-state index contributed by atoms with van der Waals surface area (Å²) in [5.41, 5.74) is 1.19. The summed E-state index contributed by atoms with van der Waals surface area (Å²) < 4.78 is 0. The van der Waals surface area contributed by atoms with Crippen LogP contribution in [-0.4, -0.2) is 15.3 Å². The van der Waals surface area contributed by atoms with Crippen molar-refractivity contribution in [2.45, 2.75) is 20.3 Å². The summed E-state index contributed by atoms with van der Waals surface area (Å²) >= 11 is 9.10. The van der Waals surface area contributed by atoms with Crippen molar-refractivity contribution in [1.29, 1.82) is 0 Å². The largest absolute Gasteiger partial charge is 0.256 e. The second kappa shape index (κ2) is 4.38. The van der Waals surface area contributed by atoms with Gasteiger partial charge in [0.1, 0.15) is 5.15 Å². The molecule has 0 atom stereocenters. The molecule has 0 saturated heterocycles. The van der Waals surface area contributed by atoms with E-state index in [0.717, 1.165) is 17.4 Å². The van der Waals surface area contributed by atoms with Crippen LogP contribution < -0.4 is 0 Å². The van der Waals surface area contributed by atoms with Crippen LogP contribution in [0, 0.1) is 5.41 Å². The zero-order valence-corrected chi connectivity index (χ0v) is 10.1. The summed E-state index contributed by atoms with van der Waals surface area (Å²) in [4.78, 5) is 8.18. The zero-order valence-electron chi connectivity index (χ0n) is 7.72. The Hall–Kier alpha value is -0.150. The van der Waals surface area contributed by atoms with E-state index in [0.29, 0.717) is 5.15 Å². The first-order valence-electron chi connectivity index (χ1n) is 4.06. The quantitative estimate of drug-likeness (QED) is 0.783. The van der Waals surface area contributed by atoms with Gasteiger partial charge in [0.25, 0.3) is 0 Å². The highest BCUT2D eigenvalue weighted by atomic mass is 79.9. The first-order chi connectivity index (χ1) is 6.03. The minimum atomic E-state index is 0.211. The molecule has 4 heteroatoms. The first kappa shape index (κ1) is 10.9. The summed E-state index contributed by atoms with van der Waals surface area (Å²) in [5.74, 6) is 0. The third-order valence-electron chi connectivity index (χ3n) is 1.70. The summed E-state index contributed by atoms with van der Waals surface area (Å²) in [6.45, 7) is 4.36. The molecule has 2 nitrogen and oxygen atoms in total. The second-order valence-corrected chi connectivity index (χ2v) is 4.75. The highest BCUT2D eigenvalue weighted by Gasteiger charge is 2.17. The van der Waals surface area contributed by atoms with Gasteiger partial charge in [-0.2, -0.15) is 0 Å². The van der Waals surface area contributed by atoms with Crippen molar-refractivity contribution in [1.82, 2.24) is 9.97 Å². The van der Waals surface area contributed by atoms with Gasteiger partial charge in [0.05, 0.1) is 18.1 Å². The van der Waals surface area contributed by atoms with Crippen LogP contribution in [0.5, 0.6) is 0 Å². The van der Waals surface area contributed by atoms with Crippen LogP contribution in [-0.2, 0) is 6.42 Å². The number of nitrogens with zero attached hydrogens (tertiary/aromatic N) is 2. The van der Waals surface area contributed by atoms with Gasteiger partial charge in [-0.25, -0.2) is 4.98 Å². The fourth-order valence-electron chi connectivity index (χ4n) is 0.968. The number of halogens is 2. The molecule has 1 rings (SSSR count). The highest BCUT2D eigenvalue weighted by molar-refractivity contribution is 9.09. The summed E-state index contributed by atoms with van der Waals surface area (Å²) in [5, 5.41) is 1.39. The predicted octanol–water partition coefficient (Wildman–Crippen LogP) is 3.09. The Kier molecular flexibility index (Phi) is 3.68. The Morgan fingerprint density at radius 2 is 2.08 bits per heavy atom. The lowest BCUT2D eigenvalue weighted by atomic mass is 9.91.